The zero-order chi connectivity index (χ0) is 19.6. The topological polar surface area (TPSA) is 73.9 Å². The van der Waals surface area contributed by atoms with Gasteiger partial charge in [-0.2, -0.15) is 0 Å². The number of amides is 1. The Hall–Kier alpha value is -2.24. The Morgan fingerprint density at radius 2 is 1.81 bits per heavy atom. The highest BCUT2D eigenvalue weighted by Crippen LogP contribution is 2.20. The lowest BCUT2D eigenvalue weighted by Crippen LogP contribution is -2.45. The van der Waals surface area contributed by atoms with E-state index in [4.69, 9.17) is 14.2 Å². The smallest absolute Gasteiger partial charge is 0.408 e. The SMILES string of the molecule is CCCCOc1cccc(OC(=O)C(CCC)NC(=O)OC(C)(C)C)c1. The summed E-state index contributed by atoms with van der Waals surface area (Å²) in [6.07, 6.45) is 2.55. The number of ether oxygens (including phenoxy) is 3. The molecule has 0 aliphatic heterocycles. The van der Waals surface area contributed by atoms with Crippen LogP contribution in [0.4, 0.5) is 4.79 Å². The third-order valence-corrected chi connectivity index (χ3v) is 3.34. The Morgan fingerprint density at radius 3 is 2.42 bits per heavy atom. The molecule has 1 rings (SSSR count). The molecular weight excluding hydrogens is 334 g/mol. The van der Waals surface area contributed by atoms with Crippen LogP contribution >= 0.6 is 0 Å². The van der Waals surface area contributed by atoms with Crippen molar-refractivity contribution in [3.05, 3.63) is 24.3 Å². The number of hydrogen-bond donors (Lipinski definition) is 1. The lowest BCUT2D eigenvalue weighted by Gasteiger charge is -2.22. The van der Waals surface area contributed by atoms with Gasteiger partial charge >= 0.3 is 12.1 Å². The molecule has 1 aromatic rings. The lowest BCUT2D eigenvalue weighted by atomic mass is 10.1. The van der Waals surface area contributed by atoms with E-state index >= 15 is 0 Å². The number of rotatable bonds is 9. The van der Waals surface area contributed by atoms with Crippen molar-refractivity contribution in [3.63, 3.8) is 0 Å². The van der Waals surface area contributed by atoms with Gasteiger partial charge < -0.3 is 19.5 Å². The van der Waals surface area contributed by atoms with Crippen LogP contribution in [0.1, 0.15) is 60.3 Å². The first kappa shape index (κ1) is 21.8. The van der Waals surface area contributed by atoms with E-state index in [1.54, 1.807) is 39.0 Å². The van der Waals surface area contributed by atoms with E-state index in [0.717, 1.165) is 19.3 Å². The number of carbonyl (C=O) groups is 2. The maximum Gasteiger partial charge on any atom is 0.408 e. The van der Waals surface area contributed by atoms with Gasteiger partial charge in [-0.15, -0.1) is 0 Å². The van der Waals surface area contributed by atoms with Gasteiger partial charge in [0.15, 0.2) is 0 Å². The molecule has 146 valence electrons. The molecule has 0 aliphatic rings. The molecule has 0 bridgehead atoms. The minimum absolute atomic E-state index is 0.385. The quantitative estimate of drug-likeness (QED) is 0.397. The fourth-order valence-electron chi connectivity index (χ4n) is 2.14. The van der Waals surface area contributed by atoms with Crippen molar-refractivity contribution in [1.82, 2.24) is 5.32 Å². The minimum Gasteiger partial charge on any atom is -0.493 e. The van der Waals surface area contributed by atoms with E-state index in [9.17, 15) is 9.59 Å². The highest BCUT2D eigenvalue weighted by molar-refractivity contribution is 5.83. The van der Waals surface area contributed by atoms with Gasteiger partial charge in [0, 0.05) is 6.07 Å². The first-order valence-corrected chi connectivity index (χ1v) is 9.19. The monoisotopic (exact) mass is 365 g/mol. The van der Waals surface area contributed by atoms with Crippen LogP contribution in [0, 0.1) is 0 Å². The largest absolute Gasteiger partial charge is 0.493 e. The van der Waals surface area contributed by atoms with Crippen LogP contribution < -0.4 is 14.8 Å². The summed E-state index contributed by atoms with van der Waals surface area (Å²) in [7, 11) is 0. The van der Waals surface area contributed by atoms with Crippen molar-refractivity contribution in [1.29, 1.82) is 0 Å². The van der Waals surface area contributed by atoms with Gasteiger partial charge in [-0.05, 0) is 45.7 Å². The zero-order valence-electron chi connectivity index (χ0n) is 16.5. The number of benzene rings is 1. The van der Waals surface area contributed by atoms with Gasteiger partial charge in [0.25, 0.3) is 0 Å². The number of unbranched alkanes of at least 4 members (excludes halogenated alkanes) is 1. The molecule has 1 unspecified atom stereocenters. The second-order valence-corrected chi connectivity index (χ2v) is 7.09. The van der Waals surface area contributed by atoms with Crippen LogP contribution in [0.15, 0.2) is 24.3 Å². The molecule has 0 aliphatic carbocycles. The van der Waals surface area contributed by atoms with Crippen molar-refractivity contribution in [2.75, 3.05) is 6.61 Å². The van der Waals surface area contributed by atoms with Crippen molar-refractivity contribution in [2.45, 2.75) is 71.9 Å². The van der Waals surface area contributed by atoms with E-state index in [0.29, 0.717) is 24.5 Å². The summed E-state index contributed by atoms with van der Waals surface area (Å²) >= 11 is 0. The van der Waals surface area contributed by atoms with Gasteiger partial charge in [0.1, 0.15) is 23.1 Å². The number of carbonyl (C=O) groups excluding carboxylic acids is 2. The number of nitrogens with one attached hydrogen (secondary N) is 1. The predicted octanol–water partition coefficient (Wildman–Crippen LogP) is 4.46. The maximum atomic E-state index is 12.4. The van der Waals surface area contributed by atoms with Crippen LogP contribution in [-0.2, 0) is 9.53 Å². The van der Waals surface area contributed by atoms with E-state index in [1.165, 1.54) is 0 Å². The van der Waals surface area contributed by atoms with Crippen molar-refractivity contribution < 1.29 is 23.8 Å². The molecule has 0 saturated heterocycles. The Morgan fingerprint density at radius 1 is 1.12 bits per heavy atom. The summed E-state index contributed by atoms with van der Waals surface area (Å²) in [6, 6.07) is 6.17. The normalized spacial score (nSPS) is 12.2. The van der Waals surface area contributed by atoms with E-state index in [-0.39, 0.29) is 0 Å². The van der Waals surface area contributed by atoms with Crippen molar-refractivity contribution in [2.24, 2.45) is 0 Å². The molecule has 0 fully saturated rings. The molecular formula is C20H31NO5. The van der Waals surface area contributed by atoms with E-state index in [1.807, 2.05) is 13.0 Å². The molecule has 26 heavy (non-hydrogen) atoms. The molecule has 6 heteroatoms. The molecule has 1 amide bonds. The highest BCUT2D eigenvalue weighted by atomic mass is 16.6. The predicted molar refractivity (Wildman–Crippen MR) is 101 cm³/mol. The lowest BCUT2D eigenvalue weighted by molar-refractivity contribution is -0.137. The summed E-state index contributed by atoms with van der Waals surface area (Å²) < 4.78 is 16.2. The van der Waals surface area contributed by atoms with Crippen LogP contribution in [0.25, 0.3) is 0 Å². The first-order chi connectivity index (χ1) is 12.2. The van der Waals surface area contributed by atoms with E-state index < -0.39 is 23.7 Å². The molecule has 0 spiro atoms. The van der Waals surface area contributed by atoms with Crippen LogP contribution in [-0.4, -0.2) is 30.3 Å². The second kappa shape index (κ2) is 10.7. The highest BCUT2D eigenvalue weighted by Gasteiger charge is 2.25. The fraction of sp³-hybridized carbons (Fsp3) is 0.600. The molecule has 0 aromatic heterocycles. The summed E-state index contributed by atoms with van der Waals surface area (Å²) in [6.45, 7) is 9.94. The standard InChI is InChI=1S/C20H31NO5/c1-6-8-13-24-15-11-9-12-16(14-15)25-18(22)17(10-7-2)21-19(23)26-20(3,4)5/h9,11-12,14,17H,6-8,10,13H2,1-5H3,(H,21,23). The van der Waals surface area contributed by atoms with Crippen LogP contribution in [0.5, 0.6) is 11.5 Å². The average Bonchev–Trinajstić information content (AvgIpc) is 2.53. The van der Waals surface area contributed by atoms with Crippen molar-refractivity contribution >= 4 is 12.1 Å². The summed E-state index contributed by atoms with van der Waals surface area (Å²) in [5, 5.41) is 2.58. The third kappa shape index (κ3) is 8.74. The second-order valence-electron chi connectivity index (χ2n) is 7.09. The molecule has 1 aromatic carbocycles. The Balaban J connectivity index is 2.69. The molecule has 6 nitrogen and oxygen atoms in total. The van der Waals surface area contributed by atoms with Gasteiger partial charge in [-0.3, -0.25) is 0 Å². The average molecular weight is 365 g/mol. The molecule has 0 saturated carbocycles. The summed E-state index contributed by atoms with van der Waals surface area (Å²) in [4.78, 5) is 24.4. The maximum absolute atomic E-state index is 12.4. The summed E-state index contributed by atoms with van der Waals surface area (Å²) in [5.41, 5.74) is -0.630. The van der Waals surface area contributed by atoms with Gasteiger partial charge in [0.05, 0.1) is 6.61 Å². The number of hydrogen-bond acceptors (Lipinski definition) is 5. The molecule has 0 heterocycles. The van der Waals surface area contributed by atoms with E-state index in [2.05, 4.69) is 12.2 Å². The fourth-order valence-corrected chi connectivity index (χ4v) is 2.14. The Bertz CT molecular complexity index is 580. The third-order valence-electron chi connectivity index (χ3n) is 3.34. The van der Waals surface area contributed by atoms with Gasteiger partial charge in [0.2, 0.25) is 0 Å². The van der Waals surface area contributed by atoms with Gasteiger partial charge in [-0.25, -0.2) is 9.59 Å². The Labute approximate surface area is 156 Å². The van der Waals surface area contributed by atoms with Gasteiger partial charge in [-0.1, -0.05) is 32.8 Å². The summed E-state index contributed by atoms with van der Waals surface area (Å²) in [5.74, 6) is 0.510. The van der Waals surface area contributed by atoms with Crippen LogP contribution in [0.2, 0.25) is 0 Å². The number of esters is 1. The first-order valence-electron chi connectivity index (χ1n) is 9.19. The zero-order valence-corrected chi connectivity index (χ0v) is 16.5. The minimum atomic E-state index is -0.764. The molecule has 1 N–H and O–H groups in total. The van der Waals surface area contributed by atoms with Crippen molar-refractivity contribution in [3.8, 4) is 11.5 Å². The Kier molecular flexibility index (Phi) is 8.96. The number of alkyl carbamates (subject to hydrolysis) is 1. The van der Waals surface area contributed by atoms with Crippen LogP contribution in [0.3, 0.4) is 0 Å². The molecule has 1 atom stereocenters. The molecule has 0 radical (unpaired) electrons.